The van der Waals surface area contributed by atoms with E-state index in [0.717, 1.165) is 6.54 Å². The van der Waals surface area contributed by atoms with Crippen molar-refractivity contribution in [3.63, 3.8) is 0 Å². The fourth-order valence-corrected chi connectivity index (χ4v) is 2.68. The Morgan fingerprint density at radius 2 is 1.79 bits per heavy atom. The van der Waals surface area contributed by atoms with Crippen LogP contribution in [0.1, 0.15) is 27.7 Å². The molecule has 3 atom stereocenters. The molecule has 1 aliphatic carbocycles. The summed E-state index contributed by atoms with van der Waals surface area (Å²) in [6.07, 6.45) is 0. The first-order chi connectivity index (χ1) is 8.59. The molecule has 5 heteroatoms. The molecular weight excluding hydrogens is 244 g/mol. The third-order valence-electron chi connectivity index (χ3n) is 4.07. The van der Waals surface area contributed by atoms with E-state index in [1.54, 1.807) is 0 Å². The highest BCUT2D eigenvalue weighted by Crippen LogP contribution is 2.58. The van der Waals surface area contributed by atoms with Gasteiger partial charge in [0.2, 0.25) is 5.91 Å². The van der Waals surface area contributed by atoms with Crippen LogP contribution in [0.15, 0.2) is 0 Å². The van der Waals surface area contributed by atoms with Crippen LogP contribution in [0.4, 0.5) is 0 Å². The lowest BCUT2D eigenvalue weighted by atomic mass is 10.0. The first kappa shape index (κ1) is 16.0. The molecule has 1 amide bonds. The maximum Gasteiger partial charge on any atom is 0.307 e. The van der Waals surface area contributed by atoms with Gasteiger partial charge in [-0.1, -0.05) is 27.7 Å². The van der Waals surface area contributed by atoms with Gasteiger partial charge < -0.3 is 15.3 Å². The number of amides is 1. The number of nitrogens with one attached hydrogen (secondary N) is 1. The zero-order valence-electron chi connectivity index (χ0n) is 12.7. The average molecular weight is 270 g/mol. The predicted octanol–water partition coefficient (Wildman–Crippen LogP) is 1.05. The van der Waals surface area contributed by atoms with Crippen molar-refractivity contribution in [2.45, 2.75) is 33.7 Å². The number of aliphatic carboxylic acids is 1. The molecule has 0 bridgehead atoms. The number of likely N-dealkylation sites (N-methyl/N-ethyl adjacent to an activating group) is 1. The molecule has 0 heterocycles. The van der Waals surface area contributed by atoms with E-state index in [9.17, 15) is 9.59 Å². The van der Waals surface area contributed by atoms with E-state index in [2.05, 4.69) is 19.2 Å². The standard InChI is InChI=1S/C14H26N2O3/c1-8(2)9(7-16(5)6)15-12(17)10-11(13(18)19)14(10,3)4/h8-11H,7H2,1-6H3,(H,15,17)(H,18,19)/t9?,10-,11+/m1/s1. The van der Waals surface area contributed by atoms with Gasteiger partial charge in [-0.25, -0.2) is 0 Å². The van der Waals surface area contributed by atoms with Gasteiger partial charge in [0.25, 0.3) is 0 Å². The number of rotatable bonds is 6. The highest BCUT2D eigenvalue weighted by atomic mass is 16.4. The van der Waals surface area contributed by atoms with Gasteiger partial charge in [0.15, 0.2) is 0 Å². The molecule has 0 saturated heterocycles. The van der Waals surface area contributed by atoms with Crippen molar-refractivity contribution >= 4 is 11.9 Å². The maximum absolute atomic E-state index is 12.2. The van der Waals surface area contributed by atoms with Crippen molar-refractivity contribution in [1.82, 2.24) is 10.2 Å². The Bertz CT molecular complexity index is 364. The minimum atomic E-state index is -0.876. The van der Waals surface area contributed by atoms with Gasteiger partial charge in [-0.2, -0.15) is 0 Å². The summed E-state index contributed by atoms with van der Waals surface area (Å²) in [6.45, 7) is 8.55. The fourth-order valence-electron chi connectivity index (χ4n) is 2.68. The summed E-state index contributed by atoms with van der Waals surface area (Å²) >= 11 is 0. The van der Waals surface area contributed by atoms with Gasteiger partial charge in [-0.05, 0) is 25.4 Å². The molecular formula is C14H26N2O3. The summed E-state index contributed by atoms with van der Waals surface area (Å²) in [5.74, 6) is -1.65. The fraction of sp³-hybridized carbons (Fsp3) is 0.857. The second kappa shape index (κ2) is 5.49. The SMILES string of the molecule is CC(C)C(CN(C)C)NC(=O)[C@H]1[C@@H](C(=O)O)C1(C)C. The Labute approximate surface area is 115 Å². The largest absolute Gasteiger partial charge is 0.481 e. The molecule has 5 nitrogen and oxygen atoms in total. The van der Waals surface area contributed by atoms with Crippen molar-refractivity contribution in [3.05, 3.63) is 0 Å². The monoisotopic (exact) mass is 270 g/mol. The minimum absolute atomic E-state index is 0.0494. The first-order valence-electron chi connectivity index (χ1n) is 6.77. The number of carboxylic acids is 1. The Morgan fingerprint density at radius 1 is 1.26 bits per heavy atom. The van der Waals surface area contributed by atoms with Crippen molar-refractivity contribution < 1.29 is 14.7 Å². The van der Waals surface area contributed by atoms with Gasteiger partial charge in [0.05, 0.1) is 11.8 Å². The number of hydrogen-bond acceptors (Lipinski definition) is 3. The van der Waals surface area contributed by atoms with Crippen LogP contribution in [0.25, 0.3) is 0 Å². The zero-order valence-corrected chi connectivity index (χ0v) is 12.7. The van der Waals surface area contributed by atoms with Crippen LogP contribution < -0.4 is 5.32 Å². The lowest BCUT2D eigenvalue weighted by molar-refractivity contribution is -0.140. The number of carbonyl (C=O) groups is 2. The van der Waals surface area contributed by atoms with Crippen LogP contribution in [-0.2, 0) is 9.59 Å². The highest BCUT2D eigenvalue weighted by molar-refractivity contribution is 5.91. The normalized spacial score (nSPS) is 26.3. The van der Waals surface area contributed by atoms with Gasteiger partial charge in [-0.3, -0.25) is 9.59 Å². The van der Waals surface area contributed by atoms with E-state index in [-0.39, 0.29) is 11.9 Å². The van der Waals surface area contributed by atoms with Gasteiger partial charge in [0.1, 0.15) is 0 Å². The quantitative estimate of drug-likeness (QED) is 0.757. The Morgan fingerprint density at radius 3 is 2.11 bits per heavy atom. The van der Waals surface area contributed by atoms with Gasteiger partial charge in [0, 0.05) is 12.6 Å². The minimum Gasteiger partial charge on any atom is -0.481 e. The van der Waals surface area contributed by atoms with Crippen LogP contribution in [-0.4, -0.2) is 48.6 Å². The Hall–Kier alpha value is -1.10. The average Bonchev–Trinajstić information content (AvgIpc) is 2.79. The molecule has 19 heavy (non-hydrogen) atoms. The summed E-state index contributed by atoms with van der Waals surface area (Å²) in [7, 11) is 3.92. The van der Waals surface area contributed by atoms with Crippen molar-refractivity contribution in [3.8, 4) is 0 Å². The van der Waals surface area contributed by atoms with E-state index in [1.165, 1.54) is 0 Å². The van der Waals surface area contributed by atoms with E-state index >= 15 is 0 Å². The van der Waals surface area contributed by atoms with Crippen molar-refractivity contribution in [2.75, 3.05) is 20.6 Å². The van der Waals surface area contributed by atoms with Crippen LogP contribution in [0.2, 0.25) is 0 Å². The predicted molar refractivity (Wildman–Crippen MR) is 73.7 cm³/mol. The zero-order chi connectivity index (χ0) is 15.0. The number of nitrogens with zero attached hydrogens (tertiary/aromatic N) is 1. The molecule has 1 aliphatic rings. The number of carbonyl (C=O) groups excluding carboxylic acids is 1. The van der Waals surface area contributed by atoms with Crippen molar-refractivity contribution in [1.29, 1.82) is 0 Å². The summed E-state index contributed by atoms with van der Waals surface area (Å²) in [6, 6.07) is 0.0494. The topological polar surface area (TPSA) is 69.6 Å². The Kier molecular flexibility index (Phi) is 4.61. The second-order valence-electron chi connectivity index (χ2n) is 6.74. The third-order valence-corrected chi connectivity index (χ3v) is 4.07. The lowest BCUT2D eigenvalue weighted by Crippen LogP contribution is -2.46. The Balaban J connectivity index is 2.67. The number of carboxylic acid groups (broad SMARTS) is 1. The van der Waals surface area contributed by atoms with Crippen LogP contribution in [0.3, 0.4) is 0 Å². The van der Waals surface area contributed by atoms with Gasteiger partial charge in [-0.15, -0.1) is 0 Å². The first-order valence-corrected chi connectivity index (χ1v) is 6.77. The second-order valence-corrected chi connectivity index (χ2v) is 6.74. The molecule has 1 saturated carbocycles. The maximum atomic E-state index is 12.2. The molecule has 0 radical (unpaired) electrons. The molecule has 0 aromatic rings. The van der Waals surface area contributed by atoms with Crippen LogP contribution in [0.5, 0.6) is 0 Å². The van der Waals surface area contributed by atoms with E-state index in [4.69, 9.17) is 5.11 Å². The molecule has 0 aromatic heterocycles. The third kappa shape index (κ3) is 3.47. The highest BCUT2D eigenvalue weighted by Gasteiger charge is 2.66. The summed E-state index contributed by atoms with van der Waals surface area (Å²) in [5, 5.41) is 12.1. The smallest absolute Gasteiger partial charge is 0.307 e. The van der Waals surface area contributed by atoms with Crippen molar-refractivity contribution in [2.24, 2.45) is 23.2 Å². The van der Waals surface area contributed by atoms with E-state index in [1.807, 2.05) is 32.8 Å². The molecule has 1 rings (SSSR count). The summed E-state index contributed by atoms with van der Waals surface area (Å²) < 4.78 is 0. The summed E-state index contributed by atoms with van der Waals surface area (Å²) in [5.41, 5.74) is -0.435. The lowest BCUT2D eigenvalue weighted by Gasteiger charge is -2.26. The van der Waals surface area contributed by atoms with E-state index in [0.29, 0.717) is 5.92 Å². The summed E-state index contributed by atoms with van der Waals surface area (Å²) in [4.78, 5) is 25.4. The van der Waals surface area contributed by atoms with Crippen LogP contribution >= 0.6 is 0 Å². The molecule has 0 spiro atoms. The molecule has 1 fully saturated rings. The molecule has 2 N–H and O–H groups in total. The molecule has 0 aromatic carbocycles. The number of hydrogen-bond donors (Lipinski definition) is 2. The molecule has 1 unspecified atom stereocenters. The van der Waals surface area contributed by atoms with E-state index < -0.39 is 23.2 Å². The van der Waals surface area contributed by atoms with Crippen LogP contribution in [0, 0.1) is 23.2 Å². The molecule has 110 valence electrons. The van der Waals surface area contributed by atoms with Gasteiger partial charge >= 0.3 is 5.97 Å². The molecule has 0 aliphatic heterocycles.